The number of fused-ring (bicyclic) bond motifs is 1. The number of aliphatic hydroxyl groups is 1. The molecule has 3 rings (SSSR count). The molecular formula is C20H30N4O2. The van der Waals surface area contributed by atoms with Gasteiger partial charge in [-0.3, -0.25) is 9.48 Å². The largest absolute Gasteiger partial charge is 0.396 e. The molecule has 0 radical (unpaired) electrons. The first-order chi connectivity index (χ1) is 12.6. The molecule has 1 aliphatic rings. The summed E-state index contributed by atoms with van der Waals surface area (Å²) in [5.74, 6) is 0.0446. The molecule has 1 fully saturated rings. The van der Waals surface area contributed by atoms with E-state index in [4.69, 9.17) is 5.11 Å². The third kappa shape index (κ3) is 4.24. The smallest absolute Gasteiger partial charge is 0.224 e. The van der Waals surface area contributed by atoms with Crippen LogP contribution in [0.4, 0.5) is 0 Å². The summed E-state index contributed by atoms with van der Waals surface area (Å²) in [6.07, 6.45) is 4.37. The highest BCUT2D eigenvalue weighted by Crippen LogP contribution is 2.26. The summed E-state index contributed by atoms with van der Waals surface area (Å²) >= 11 is 0. The molecule has 142 valence electrons. The lowest BCUT2D eigenvalue weighted by molar-refractivity contribution is -0.131. The predicted octanol–water partition coefficient (Wildman–Crippen LogP) is 2.21. The SMILES string of the molecule is CCN(CCN1CCC(n2ncc3cc(C)ccc32)CC1)C(=O)CCO. The average molecular weight is 358 g/mol. The van der Waals surface area contributed by atoms with Gasteiger partial charge in [0.15, 0.2) is 0 Å². The van der Waals surface area contributed by atoms with Crippen LogP contribution in [-0.2, 0) is 4.79 Å². The zero-order valence-electron chi connectivity index (χ0n) is 15.9. The number of amides is 1. The van der Waals surface area contributed by atoms with Crippen molar-refractivity contribution in [3.63, 3.8) is 0 Å². The van der Waals surface area contributed by atoms with E-state index >= 15 is 0 Å². The molecule has 1 aliphatic heterocycles. The summed E-state index contributed by atoms with van der Waals surface area (Å²) in [6, 6.07) is 6.97. The molecule has 0 aliphatic carbocycles. The van der Waals surface area contributed by atoms with Crippen LogP contribution in [0.1, 0.15) is 37.8 Å². The zero-order chi connectivity index (χ0) is 18.5. The number of piperidine rings is 1. The Kier molecular flexibility index (Phi) is 6.27. The summed E-state index contributed by atoms with van der Waals surface area (Å²) in [5.41, 5.74) is 2.49. The molecule has 26 heavy (non-hydrogen) atoms. The van der Waals surface area contributed by atoms with Gasteiger partial charge in [-0.05, 0) is 38.8 Å². The monoisotopic (exact) mass is 358 g/mol. The van der Waals surface area contributed by atoms with Crippen molar-refractivity contribution in [2.24, 2.45) is 0 Å². The topological polar surface area (TPSA) is 61.6 Å². The van der Waals surface area contributed by atoms with Crippen molar-refractivity contribution < 1.29 is 9.90 Å². The lowest BCUT2D eigenvalue weighted by Gasteiger charge is -2.33. The summed E-state index contributed by atoms with van der Waals surface area (Å²) < 4.78 is 2.19. The van der Waals surface area contributed by atoms with Crippen LogP contribution in [0, 0.1) is 6.92 Å². The molecule has 2 aromatic rings. The number of carbonyl (C=O) groups is 1. The maximum atomic E-state index is 11.9. The van der Waals surface area contributed by atoms with Gasteiger partial charge in [-0.15, -0.1) is 0 Å². The summed E-state index contributed by atoms with van der Waals surface area (Å²) in [5, 5.41) is 14.8. The molecule has 0 spiro atoms. The molecule has 1 aromatic carbocycles. The Hall–Kier alpha value is -1.92. The van der Waals surface area contributed by atoms with Crippen LogP contribution in [0.2, 0.25) is 0 Å². The fraction of sp³-hybridized carbons (Fsp3) is 0.600. The third-order valence-corrected chi connectivity index (χ3v) is 5.40. The van der Waals surface area contributed by atoms with Gasteiger partial charge in [0.05, 0.1) is 24.4 Å². The number of aliphatic hydroxyl groups excluding tert-OH is 1. The van der Waals surface area contributed by atoms with E-state index in [9.17, 15) is 4.79 Å². The number of aromatic nitrogens is 2. The minimum Gasteiger partial charge on any atom is -0.396 e. The van der Waals surface area contributed by atoms with Gasteiger partial charge in [0.2, 0.25) is 5.91 Å². The number of hydrogen-bond donors (Lipinski definition) is 1. The number of likely N-dealkylation sites (N-methyl/N-ethyl adjacent to an activating group) is 1. The van der Waals surface area contributed by atoms with E-state index < -0.39 is 0 Å². The zero-order valence-corrected chi connectivity index (χ0v) is 15.9. The second-order valence-electron chi connectivity index (χ2n) is 7.17. The first-order valence-electron chi connectivity index (χ1n) is 9.67. The van der Waals surface area contributed by atoms with Gasteiger partial charge < -0.3 is 14.9 Å². The minimum absolute atomic E-state index is 0.0446. The molecule has 0 bridgehead atoms. The van der Waals surface area contributed by atoms with Crippen LogP contribution in [0.5, 0.6) is 0 Å². The summed E-state index contributed by atoms with van der Waals surface area (Å²) in [4.78, 5) is 16.2. The van der Waals surface area contributed by atoms with Crippen LogP contribution >= 0.6 is 0 Å². The molecule has 0 unspecified atom stereocenters. The molecule has 1 aromatic heterocycles. The van der Waals surface area contributed by atoms with Crippen LogP contribution < -0.4 is 0 Å². The van der Waals surface area contributed by atoms with E-state index in [2.05, 4.69) is 39.8 Å². The molecule has 0 saturated carbocycles. The molecule has 6 nitrogen and oxygen atoms in total. The summed E-state index contributed by atoms with van der Waals surface area (Å²) in [6.45, 7) is 8.44. The van der Waals surface area contributed by atoms with Gasteiger partial charge in [0, 0.05) is 44.5 Å². The van der Waals surface area contributed by atoms with Crippen LogP contribution in [0.15, 0.2) is 24.4 Å². The Morgan fingerprint density at radius 2 is 2.12 bits per heavy atom. The maximum Gasteiger partial charge on any atom is 0.224 e. The van der Waals surface area contributed by atoms with Crippen molar-refractivity contribution in [2.45, 2.75) is 39.2 Å². The van der Waals surface area contributed by atoms with Crippen molar-refractivity contribution in [1.82, 2.24) is 19.6 Å². The van der Waals surface area contributed by atoms with Crippen LogP contribution in [0.25, 0.3) is 10.9 Å². The number of carbonyl (C=O) groups excluding carboxylic acids is 1. The van der Waals surface area contributed by atoms with E-state index in [1.54, 1.807) is 0 Å². The van der Waals surface area contributed by atoms with Gasteiger partial charge >= 0.3 is 0 Å². The number of aryl methyl sites for hydroxylation is 1. The van der Waals surface area contributed by atoms with Crippen molar-refractivity contribution in [3.05, 3.63) is 30.0 Å². The van der Waals surface area contributed by atoms with E-state index in [0.717, 1.165) is 39.0 Å². The van der Waals surface area contributed by atoms with Gasteiger partial charge in [-0.2, -0.15) is 5.10 Å². The molecule has 0 atom stereocenters. The second-order valence-corrected chi connectivity index (χ2v) is 7.17. The fourth-order valence-corrected chi connectivity index (χ4v) is 3.83. The maximum absolute atomic E-state index is 11.9. The quantitative estimate of drug-likeness (QED) is 0.824. The first-order valence-corrected chi connectivity index (χ1v) is 9.67. The normalized spacial score (nSPS) is 16.3. The van der Waals surface area contributed by atoms with E-state index in [0.29, 0.717) is 12.6 Å². The van der Waals surface area contributed by atoms with E-state index in [1.165, 1.54) is 16.5 Å². The standard InChI is InChI=1S/C20H30N4O2/c1-3-23(20(26)8-13-25)12-11-22-9-6-18(7-10-22)24-19-5-4-16(2)14-17(19)15-21-24/h4-5,14-15,18,25H,3,6-13H2,1-2H3. The predicted molar refractivity (Wildman–Crippen MR) is 103 cm³/mol. The molecule has 6 heteroatoms. The van der Waals surface area contributed by atoms with Gasteiger partial charge in [0.25, 0.3) is 0 Å². The van der Waals surface area contributed by atoms with Crippen LogP contribution in [0.3, 0.4) is 0 Å². The molecule has 2 heterocycles. The Labute approximate surface area is 155 Å². The highest BCUT2D eigenvalue weighted by molar-refractivity contribution is 5.79. The van der Waals surface area contributed by atoms with Crippen molar-refractivity contribution >= 4 is 16.8 Å². The molecule has 1 amide bonds. The molecule has 1 saturated heterocycles. The Balaban J connectivity index is 1.53. The minimum atomic E-state index is -0.0714. The van der Waals surface area contributed by atoms with E-state index in [-0.39, 0.29) is 18.9 Å². The number of likely N-dealkylation sites (tertiary alicyclic amines) is 1. The summed E-state index contributed by atoms with van der Waals surface area (Å²) in [7, 11) is 0. The Morgan fingerprint density at radius 3 is 2.81 bits per heavy atom. The Morgan fingerprint density at radius 1 is 1.35 bits per heavy atom. The lowest BCUT2D eigenvalue weighted by Crippen LogP contribution is -2.42. The number of rotatable bonds is 7. The lowest BCUT2D eigenvalue weighted by atomic mass is 10.0. The average Bonchev–Trinajstić information content (AvgIpc) is 3.06. The van der Waals surface area contributed by atoms with E-state index in [1.807, 2.05) is 18.0 Å². The van der Waals surface area contributed by atoms with Crippen LogP contribution in [-0.4, -0.2) is 69.9 Å². The first kappa shape index (κ1) is 18.9. The van der Waals surface area contributed by atoms with Crippen molar-refractivity contribution in [1.29, 1.82) is 0 Å². The number of benzene rings is 1. The third-order valence-electron chi connectivity index (χ3n) is 5.40. The van der Waals surface area contributed by atoms with Gasteiger partial charge in [0.1, 0.15) is 0 Å². The number of hydrogen-bond acceptors (Lipinski definition) is 4. The molecule has 1 N–H and O–H groups in total. The number of nitrogens with zero attached hydrogens (tertiary/aromatic N) is 4. The highest BCUT2D eigenvalue weighted by atomic mass is 16.3. The Bertz CT molecular complexity index is 734. The van der Waals surface area contributed by atoms with Gasteiger partial charge in [-0.1, -0.05) is 11.6 Å². The fourth-order valence-electron chi connectivity index (χ4n) is 3.83. The second kappa shape index (κ2) is 8.64. The molecular weight excluding hydrogens is 328 g/mol. The van der Waals surface area contributed by atoms with Crippen molar-refractivity contribution in [3.8, 4) is 0 Å². The van der Waals surface area contributed by atoms with Gasteiger partial charge in [-0.25, -0.2) is 0 Å². The highest BCUT2D eigenvalue weighted by Gasteiger charge is 2.23. The van der Waals surface area contributed by atoms with Crippen molar-refractivity contribution in [2.75, 3.05) is 39.3 Å².